The molecule has 3 amide bonds. The van der Waals surface area contributed by atoms with Crippen LogP contribution in [0.25, 0.3) is 0 Å². The van der Waals surface area contributed by atoms with Crippen molar-refractivity contribution in [1.29, 1.82) is 0 Å². The third-order valence-electron chi connectivity index (χ3n) is 6.64. The van der Waals surface area contributed by atoms with Crippen molar-refractivity contribution in [2.45, 2.75) is 19.3 Å². The van der Waals surface area contributed by atoms with E-state index in [0.29, 0.717) is 34.5 Å². The third kappa shape index (κ3) is 2.82. The minimum absolute atomic E-state index is 0.0687. The van der Waals surface area contributed by atoms with Gasteiger partial charge in [0.2, 0.25) is 11.8 Å². The van der Waals surface area contributed by atoms with Crippen LogP contribution in [0.3, 0.4) is 0 Å². The smallest absolute Gasteiger partial charge is 0.255 e. The van der Waals surface area contributed by atoms with Gasteiger partial charge in [-0.1, -0.05) is 6.07 Å². The molecule has 29 heavy (non-hydrogen) atoms. The molecule has 4 atom stereocenters. The average Bonchev–Trinajstić information content (AvgIpc) is 3.42. The van der Waals surface area contributed by atoms with E-state index in [-0.39, 0.29) is 29.6 Å². The lowest BCUT2D eigenvalue weighted by molar-refractivity contribution is -0.123. The van der Waals surface area contributed by atoms with E-state index >= 15 is 0 Å². The fraction of sp³-hybridized carbons (Fsp3) is 0.348. The number of hydrogen-bond donors (Lipinski definition) is 1. The maximum absolute atomic E-state index is 12.9. The maximum Gasteiger partial charge on any atom is 0.255 e. The maximum atomic E-state index is 12.9. The van der Waals surface area contributed by atoms with Gasteiger partial charge in [0.1, 0.15) is 5.75 Å². The van der Waals surface area contributed by atoms with Crippen molar-refractivity contribution >= 4 is 29.1 Å². The molecule has 0 radical (unpaired) electrons. The van der Waals surface area contributed by atoms with E-state index in [1.165, 1.54) is 4.90 Å². The van der Waals surface area contributed by atoms with E-state index in [2.05, 4.69) is 5.32 Å². The Kier molecular flexibility index (Phi) is 4.15. The number of hydrogen-bond acceptors (Lipinski definition) is 4. The first kappa shape index (κ1) is 17.9. The molecule has 1 aliphatic heterocycles. The second kappa shape index (κ2) is 6.72. The van der Waals surface area contributed by atoms with Crippen LogP contribution in [0.1, 0.15) is 29.6 Å². The van der Waals surface area contributed by atoms with Gasteiger partial charge in [-0.2, -0.15) is 0 Å². The normalized spacial score (nSPS) is 27.3. The summed E-state index contributed by atoms with van der Waals surface area (Å²) in [6, 6.07) is 13.8. The molecule has 5 rings (SSSR count). The van der Waals surface area contributed by atoms with Gasteiger partial charge in [-0.15, -0.1) is 0 Å². The van der Waals surface area contributed by atoms with Crippen LogP contribution in [0, 0.1) is 23.7 Å². The van der Waals surface area contributed by atoms with Gasteiger partial charge in [-0.25, -0.2) is 0 Å². The number of carbonyl (C=O) groups excluding carboxylic acids is 3. The summed E-state index contributed by atoms with van der Waals surface area (Å²) in [4.78, 5) is 39.7. The number of rotatable bonds is 4. The lowest BCUT2D eigenvalue weighted by Crippen LogP contribution is -2.32. The highest BCUT2D eigenvalue weighted by atomic mass is 16.5. The molecule has 6 heteroatoms. The Morgan fingerprint density at radius 1 is 1.00 bits per heavy atom. The van der Waals surface area contributed by atoms with Crippen LogP contribution in [0.4, 0.5) is 11.4 Å². The van der Waals surface area contributed by atoms with E-state index in [9.17, 15) is 14.4 Å². The first-order chi connectivity index (χ1) is 14.1. The first-order valence-corrected chi connectivity index (χ1v) is 10.00. The standard InChI is InChI=1S/C23H22N2O4/c1-29-18-4-2-3-16(12-18)24-21(26)13-7-9-17(10-8-13)25-22(27)19-14-5-6-15(11-14)20(19)23(25)28/h2-4,7-10,12,14-15,19-20H,5-6,11H2,1H3,(H,24,26)/t14-,15-,19-,20-/m0/s1. The Hall–Kier alpha value is -3.15. The molecule has 3 aliphatic rings. The van der Waals surface area contributed by atoms with Gasteiger partial charge in [0, 0.05) is 17.3 Å². The van der Waals surface area contributed by atoms with Crippen molar-refractivity contribution < 1.29 is 19.1 Å². The molecule has 2 aromatic carbocycles. The van der Waals surface area contributed by atoms with Crippen LogP contribution >= 0.6 is 0 Å². The van der Waals surface area contributed by atoms with Crippen LogP contribution in [-0.4, -0.2) is 24.8 Å². The van der Waals surface area contributed by atoms with E-state index in [0.717, 1.165) is 19.3 Å². The highest BCUT2D eigenvalue weighted by molar-refractivity contribution is 6.22. The SMILES string of the molecule is COc1cccc(NC(=O)c2ccc(N3C(=O)[C@H]4[C@H]5CC[C@@H](C5)[C@@H]4C3=O)cc2)c1. The Morgan fingerprint density at radius 3 is 2.28 bits per heavy atom. The quantitative estimate of drug-likeness (QED) is 0.811. The minimum Gasteiger partial charge on any atom is -0.497 e. The molecule has 0 unspecified atom stereocenters. The summed E-state index contributed by atoms with van der Waals surface area (Å²) in [6.07, 6.45) is 3.13. The minimum atomic E-state index is -0.265. The average molecular weight is 390 g/mol. The van der Waals surface area contributed by atoms with Gasteiger partial charge in [-0.05, 0) is 67.5 Å². The zero-order chi connectivity index (χ0) is 20.1. The topological polar surface area (TPSA) is 75.7 Å². The van der Waals surface area contributed by atoms with Gasteiger partial charge < -0.3 is 10.1 Å². The molecule has 2 bridgehead atoms. The Bertz CT molecular complexity index is 972. The fourth-order valence-corrected chi connectivity index (χ4v) is 5.33. The summed E-state index contributed by atoms with van der Waals surface area (Å²) < 4.78 is 5.17. The van der Waals surface area contributed by atoms with E-state index in [1.807, 2.05) is 0 Å². The zero-order valence-corrected chi connectivity index (χ0v) is 16.1. The van der Waals surface area contributed by atoms with Crippen molar-refractivity contribution in [2.75, 3.05) is 17.3 Å². The molecule has 2 saturated carbocycles. The lowest BCUT2D eigenvalue weighted by Gasteiger charge is -2.19. The number of carbonyl (C=O) groups is 3. The van der Waals surface area contributed by atoms with Crippen molar-refractivity contribution in [3.8, 4) is 5.75 Å². The first-order valence-electron chi connectivity index (χ1n) is 10.00. The van der Waals surface area contributed by atoms with Crippen molar-refractivity contribution in [2.24, 2.45) is 23.7 Å². The van der Waals surface area contributed by atoms with Crippen LogP contribution in [0.2, 0.25) is 0 Å². The number of amides is 3. The molecular weight excluding hydrogens is 368 g/mol. The molecule has 0 spiro atoms. The largest absolute Gasteiger partial charge is 0.497 e. The Labute approximate surface area is 168 Å². The molecule has 6 nitrogen and oxygen atoms in total. The predicted molar refractivity (Wildman–Crippen MR) is 108 cm³/mol. The third-order valence-corrected chi connectivity index (χ3v) is 6.64. The summed E-state index contributed by atoms with van der Waals surface area (Å²) in [5.41, 5.74) is 1.63. The van der Waals surface area contributed by atoms with Crippen LogP contribution < -0.4 is 15.0 Å². The van der Waals surface area contributed by atoms with E-state index in [1.54, 1.807) is 55.6 Å². The number of imide groups is 1. The van der Waals surface area contributed by atoms with Gasteiger partial charge in [0.25, 0.3) is 5.91 Å². The highest BCUT2D eigenvalue weighted by Gasteiger charge is 2.61. The molecule has 1 saturated heterocycles. The molecule has 2 aromatic rings. The molecule has 1 heterocycles. The van der Waals surface area contributed by atoms with Crippen molar-refractivity contribution in [3.05, 3.63) is 54.1 Å². The number of fused-ring (bicyclic) bond motifs is 5. The molecule has 3 fully saturated rings. The lowest BCUT2D eigenvalue weighted by atomic mass is 9.81. The summed E-state index contributed by atoms with van der Waals surface area (Å²) in [5, 5.41) is 2.83. The van der Waals surface area contributed by atoms with E-state index in [4.69, 9.17) is 4.74 Å². The van der Waals surface area contributed by atoms with Crippen LogP contribution in [0.5, 0.6) is 5.75 Å². The number of benzene rings is 2. The van der Waals surface area contributed by atoms with E-state index < -0.39 is 0 Å². The number of methoxy groups -OCH3 is 1. The molecule has 0 aromatic heterocycles. The Morgan fingerprint density at radius 2 is 1.66 bits per heavy atom. The molecular formula is C23H22N2O4. The summed E-state index contributed by atoms with van der Waals surface area (Å²) >= 11 is 0. The van der Waals surface area contributed by atoms with Crippen molar-refractivity contribution in [1.82, 2.24) is 0 Å². The second-order valence-electron chi connectivity index (χ2n) is 8.13. The fourth-order valence-electron chi connectivity index (χ4n) is 5.33. The Balaban J connectivity index is 1.33. The predicted octanol–water partition coefficient (Wildman–Crippen LogP) is 3.48. The van der Waals surface area contributed by atoms with Crippen molar-refractivity contribution in [3.63, 3.8) is 0 Å². The second-order valence-corrected chi connectivity index (χ2v) is 8.13. The monoisotopic (exact) mass is 390 g/mol. The van der Waals surface area contributed by atoms with Gasteiger partial charge >= 0.3 is 0 Å². The van der Waals surface area contributed by atoms with Gasteiger partial charge in [0.15, 0.2) is 0 Å². The van der Waals surface area contributed by atoms with Gasteiger partial charge in [0.05, 0.1) is 24.6 Å². The van der Waals surface area contributed by atoms with Crippen LogP contribution in [-0.2, 0) is 9.59 Å². The molecule has 148 valence electrons. The summed E-state index contributed by atoms with van der Waals surface area (Å²) in [7, 11) is 1.57. The molecule has 1 N–H and O–H groups in total. The number of anilines is 2. The molecule has 2 aliphatic carbocycles. The number of nitrogens with zero attached hydrogens (tertiary/aromatic N) is 1. The number of ether oxygens (including phenoxy) is 1. The number of nitrogens with one attached hydrogen (secondary N) is 1. The van der Waals surface area contributed by atoms with Gasteiger partial charge in [-0.3, -0.25) is 19.3 Å². The zero-order valence-electron chi connectivity index (χ0n) is 16.1. The highest BCUT2D eigenvalue weighted by Crippen LogP contribution is 2.56. The summed E-state index contributed by atoms with van der Waals surface area (Å²) in [5.74, 6) is 0.692. The summed E-state index contributed by atoms with van der Waals surface area (Å²) in [6.45, 7) is 0. The van der Waals surface area contributed by atoms with Crippen LogP contribution in [0.15, 0.2) is 48.5 Å².